The highest BCUT2D eigenvalue weighted by atomic mass is 16.6. The smallest absolute Gasteiger partial charge is 0.408 e. The SMILES string of the molecule is C=C(C)CC(NC(=O)OC(C)(C)C)C(=C)OC. The fourth-order valence-electron chi connectivity index (χ4n) is 1.19. The first-order valence-corrected chi connectivity index (χ1v) is 5.52. The van der Waals surface area contributed by atoms with E-state index in [4.69, 9.17) is 9.47 Å². The molecule has 1 amide bonds. The molecule has 0 spiro atoms. The van der Waals surface area contributed by atoms with E-state index in [1.807, 2.05) is 27.7 Å². The molecule has 0 rings (SSSR count). The first-order valence-electron chi connectivity index (χ1n) is 5.52. The molecule has 0 saturated heterocycles. The van der Waals surface area contributed by atoms with Crippen LogP contribution < -0.4 is 5.32 Å². The molecule has 0 aliphatic rings. The van der Waals surface area contributed by atoms with Crippen LogP contribution in [0.2, 0.25) is 0 Å². The quantitative estimate of drug-likeness (QED) is 0.594. The van der Waals surface area contributed by atoms with Gasteiger partial charge in [0.05, 0.1) is 13.2 Å². The molecule has 1 unspecified atom stereocenters. The maximum Gasteiger partial charge on any atom is 0.408 e. The highest BCUT2D eigenvalue weighted by Gasteiger charge is 2.21. The molecular weight excluding hydrogens is 218 g/mol. The molecule has 0 aliphatic carbocycles. The lowest BCUT2D eigenvalue weighted by atomic mass is 10.1. The normalized spacial score (nSPS) is 12.5. The summed E-state index contributed by atoms with van der Waals surface area (Å²) in [6.07, 6.45) is 0.0910. The van der Waals surface area contributed by atoms with Gasteiger partial charge in [-0.15, -0.1) is 6.58 Å². The molecule has 4 heteroatoms. The van der Waals surface area contributed by atoms with Gasteiger partial charge in [0.15, 0.2) is 0 Å². The average Bonchev–Trinajstić information content (AvgIpc) is 2.11. The topological polar surface area (TPSA) is 47.6 Å². The van der Waals surface area contributed by atoms with Crippen molar-refractivity contribution in [3.8, 4) is 0 Å². The van der Waals surface area contributed by atoms with Crippen molar-refractivity contribution in [3.05, 3.63) is 24.5 Å². The average molecular weight is 241 g/mol. The third-order valence-electron chi connectivity index (χ3n) is 1.89. The molecule has 1 atom stereocenters. The van der Waals surface area contributed by atoms with E-state index in [1.165, 1.54) is 7.11 Å². The van der Waals surface area contributed by atoms with Crippen molar-refractivity contribution < 1.29 is 14.3 Å². The van der Waals surface area contributed by atoms with Gasteiger partial charge in [-0.25, -0.2) is 4.79 Å². The number of nitrogens with one attached hydrogen (secondary N) is 1. The summed E-state index contributed by atoms with van der Waals surface area (Å²) >= 11 is 0. The predicted molar refractivity (Wildman–Crippen MR) is 68.7 cm³/mol. The fraction of sp³-hybridized carbons (Fsp3) is 0.615. The van der Waals surface area contributed by atoms with Crippen molar-refractivity contribution >= 4 is 6.09 Å². The Kier molecular flexibility index (Phi) is 5.79. The van der Waals surface area contributed by atoms with E-state index >= 15 is 0 Å². The molecule has 4 nitrogen and oxygen atoms in total. The van der Waals surface area contributed by atoms with Crippen molar-refractivity contribution in [2.75, 3.05) is 7.11 Å². The second-order valence-corrected chi connectivity index (χ2v) is 5.03. The highest BCUT2D eigenvalue weighted by Crippen LogP contribution is 2.12. The second kappa shape index (κ2) is 6.33. The van der Waals surface area contributed by atoms with E-state index in [-0.39, 0.29) is 6.04 Å². The van der Waals surface area contributed by atoms with Gasteiger partial charge in [0.25, 0.3) is 0 Å². The van der Waals surface area contributed by atoms with Crippen molar-refractivity contribution in [1.82, 2.24) is 5.32 Å². The molecular formula is C13H23NO3. The molecule has 98 valence electrons. The molecule has 0 bridgehead atoms. The van der Waals surface area contributed by atoms with Gasteiger partial charge in [0.2, 0.25) is 0 Å². The first kappa shape index (κ1) is 15.6. The number of amides is 1. The maximum atomic E-state index is 11.6. The number of alkyl carbamates (subject to hydrolysis) is 1. The number of carbonyl (C=O) groups is 1. The molecule has 0 fully saturated rings. The lowest BCUT2D eigenvalue weighted by molar-refractivity contribution is 0.0497. The zero-order valence-corrected chi connectivity index (χ0v) is 11.4. The van der Waals surface area contributed by atoms with Gasteiger partial charge >= 0.3 is 6.09 Å². The summed E-state index contributed by atoms with van der Waals surface area (Å²) in [6, 6.07) is -0.313. The summed E-state index contributed by atoms with van der Waals surface area (Å²) in [6.45, 7) is 14.9. The van der Waals surface area contributed by atoms with Crippen LogP contribution in [0.25, 0.3) is 0 Å². The van der Waals surface area contributed by atoms with Gasteiger partial charge in [-0.05, 0) is 34.1 Å². The summed E-state index contributed by atoms with van der Waals surface area (Å²) in [5.74, 6) is 0.485. The Labute approximate surface area is 104 Å². The van der Waals surface area contributed by atoms with Gasteiger partial charge in [0, 0.05) is 0 Å². The molecule has 17 heavy (non-hydrogen) atoms. The van der Waals surface area contributed by atoms with Crippen LogP contribution in [0.5, 0.6) is 0 Å². The third kappa shape index (κ3) is 7.44. The first-order chi connectivity index (χ1) is 7.65. The van der Waals surface area contributed by atoms with Gasteiger partial charge in [0.1, 0.15) is 11.4 Å². The number of hydrogen-bond acceptors (Lipinski definition) is 3. The Bertz CT molecular complexity index is 302. The van der Waals surface area contributed by atoms with E-state index in [0.717, 1.165) is 5.57 Å². The lowest BCUT2D eigenvalue weighted by Gasteiger charge is -2.24. The number of carbonyl (C=O) groups excluding carboxylic acids is 1. The van der Waals surface area contributed by atoms with Crippen LogP contribution in [-0.2, 0) is 9.47 Å². The summed E-state index contributed by atoms with van der Waals surface area (Å²) < 4.78 is 10.2. The predicted octanol–water partition coefficient (Wildman–Crippen LogP) is 3.01. The van der Waals surface area contributed by atoms with Crippen LogP contribution in [0.3, 0.4) is 0 Å². The monoisotopic (exact) mass is 241 g/mol. The number of methoxy groups -OCH3 is 1. The second-order valence-electron chi connectivity index (χ2n) is 5.03. The van der Waals surface area contributed by atoms with Gasteiger partial charge < -0.3 is 14.8 Å². The highest BCUT2D eigenvalue weighted by molar-refractivity contribution is 5.68. The van der Waals surface area contributed by atoms with Gasteiger partial charge in [-0.1, -0.05) is 12.2 Å². The Morgan fingerprint density at radius 3 is 2.24 bits per heavy atom. The van der Waals surface area contributed by atoms with E-state index < -0.39 is 11.7 Å². The van der Waals surface area contributed by atoms with Crippen molar-refractivity contribution in [1.29, 1.82) is 0 Å². The van der Waals surface area contributed by atoms with Crippen LogP contribution in [0, 0.1) is 0 Å². The zero-order valence-electron chi connectivity index (χ0n) is 11.4. The standard InChI is InChI=1S/C13H23NO3/c1-9(2)8-11(10(3)16-7)14-12(15)17-13(4,5)6/h11H,1,3,8H2,2,4-7H3,(H,14,15). The molecule has 1 N–H and O–H groups in total. The van der Waals surface area contributed by atoms with Crippen molar-refractivity contribution in [2.24, 2.45) is 0 Å². The van der Waals surface area contributed by atoms with E-state index in [0.29, 0.717) is 12.2 Å². The summed E-state index contributed by atoms with van der Waals surface area (Å²) in [5, 5.41) is 2.71. The minimum atomic E-state index is -0.522. The fourth-order valence-corrected chi connectivity index (χ4v) is 1.19. The summed E-state index contributed by atoms with van der Waals surface area (Å²) in [7, 11) is 1.52. The van der Waals surface area contributed by atoms with Crippen LogP contribution in [0.1, 0.15) is 34.1 Å². The molecule has 0 heterocycles. The van der Waals surface area contributed by atoms with Gasteiger partial charge in [-0.2, -0.15) is 0 Å². The van der Waals surface area contributed by atoms with Crippen LogP contribution >= 0.6 is 0 Å². The number of rotatable bonds is 5. The molecule has 0 saturated carbocycles. The molecule has 0 aromatic heterocycles. The van der Waals surface area contributed by atoms with E-state index in [9.17, 15) is 4.79 Å². The number of hydrogen-bond donors (Lipinski definition) is 1. The van der Waals surface area contributed by atoms with Crippen LogP contribution in [0.4, 0.5) is 4.79 Å². The Morgan fingerprint density at radius 1 is 1.35 bits per heavy atom. The minimum absolute atomic E-state index is 0.313. The minimum Gasteiger partial charge on any atom is -0.500 e. The Hall–Kier alpha value is -1.45. The largest absolute Gasteiger partial charge is 0.500 e. The van der Waals surface area contributed by atoms with E-state index in [1.54, 1.807) is 0 Å². The Balaban J connectivity index is 4.48. The zero-order chi connectivity index (χ0) is 13.6. The van der Waals surface area contributed by atoms with Crippen molar-refractivity contribution in [3.63, 3.8) is 0 Å². The molecule has 0 aliphatic heterocycles. The number of ether oxygens (including phenoxy) is 2. The van der Waals surface area contributed by atoms with Crippen LogP contribution in [0.15, 0.2) is 24.5 Å². The van der Waals surface area contributed by atoms with E-state index in [2.05, 4.69) is 18.5 Å². The molecule has 0 aromatic carbocycles. The van der Waals surface area contributed by atoms with Gasteiger partial charge in [-0.3, -0.25) is 0 Å². The molecule has 0 aromatic rings. The maximum absolute atomic E-state index is 11.6. The lowest BCUT2D eigenvalue weighted by Crippen LogP contribution is -2.40. The summed E-state index contributed by atoms with van der Waals surface area (Å²) in [5.41, 5.74) is 0.413. The van der Waals surface area contributed by atoms with Crippen LogP contribution in [-0.4, -0.2) is 24.8 Å². The molecule has 0 radical (unpaired) electrons. The summed E-state index contributed by atoms with van der Waals surface area (Å²) in [4.78, 5) is 11.6. The third-order valence-corrected chi connectivity index (χ3v) is 1.89. The Morgan fingerprint density at radius 2 is 1.88 bits per heavy atom. The van der Waals surface area contributed by atoms with Crippen molar-refractivity contribution in [2.45, 2.75) is 45.8 Å².